The Morgan fingerprint density at radius 2 is 1.83 bits per heavy atom. The van der Waals surface area contributed by atoms with Gasteiger partial charge in [0.25, 0.3) is 5.91 Å². The number of H-pyrrole nitrogens is 1. The van der Waals surface area contributed by atoms with Crippen LogP contribution < -0.4 is 5.32 Å². The summed E-state index contributed by atoms with van der Waals surface area (Å²) in [4.78, 5) is 19.1. The molecule has 6 nitrogen and oxygen atoms in total. The number of halogens is 3. The van der Waals surface area contributed by atoms with Gasteiger partial charge in [0.05, 0.1) is 28.5 Å². The molecule has 0 bridgehead atoms. The Kier molecular flexibility index (Phi) is 5.96. The van der Waals surface area contributed by atoms with E-state index < -0.39 is 11.7 Å². The minimum atomic E-state index is -4.56. The van der Waals surface area contributed by atoms with Gasteiger partial charge in [-0.1, -0.05) is 12.1 Å². The van der Waals surface area contributed by atoms with Crippen LogP contribution in [0.1, 0.15) is 39.9 Å². The third-order valence-electron chi connectivity index (χ3n) is 6.57. The minimum Gasteiger partial charge on any atom is -0.351 e. The molecule has 2 heterocycles. The van der Waals surface area contributed by atoms with Crippen molar-refractivity contribution in [2.75, 3.05) is 27.2 Å². The fraction of sp³-hybridized carbons (Fsp3) is 0.346. The second-order valence-electron chi connectivity index (χ2n) is 9.24. The van der Waals surface area contributed by atoms with E-state index in [1.807, 2.05) is 19.0 Å². The van der Waals surface area contributed by atoms with Crippen LogP contribution in [0.3, 0.4) is 0 Å². The van der Waals surface area contributed by atoms with Gasteiger partial charge in [-0.05, 0) is 69.1 Å². The number of carbonyl (C=O) groups excluding carboxylic acids is 1. The number of aromatic nitrogens is 3. The lowest BCUT2D eigenvalue weighted by atomic mass is 9.84. The molecular formula is C26H26F3N5O. The third kappa shape index (κ3) is 4.36. The summed E-state index contributed by atoms with van der Waals surface area (Å²) >= 11 is 0. The highest BCUT2D eigenvalue weighted by Crippen LogP contribution is 2.43. The first kappa shape index (κ1) is 23.3. The number of fused-ring (bicyclic) bond motifs is 5. The second kappa shape index (κ2) is 8.96. The maximum absolute atomic E-state index is 14.1. The maximum atomic E-state index is 14.1. The van der Waals surface area contributed by atoms with E-state index in [1.54, 1.807) is 30.5 Å². The molecule has 0 atom stereocenters. The number of pyridine rings is 1. The molecule has 0 radical (unpaired) electrons. The van der Waals surface area contributed by atoms with Crippen molar-refractivity contribution in [1.82, 2.24) is 25.4 Å². The lowest BCUT2D eigenvalue weighted by Gasteiger charge is -2.23. The monoisotopic (exact) mass is 481 g/mol. The van der Waals surface area contributed by atoms with Crippen molar-refractivity contribution < 1.29 is 18.0 Å². The summed E-state index contributed by atoms with van der Waals surface area (Å²) in [6.07, 6.45) is 0.322. The summed E-state index contributed by atoms with van der Waals surface area (Å²) < 4.78 is 42.3. The molecule has 2 N–H and O–H groups in total. The summed E-state index contributed by atoms with van der Waals surface area (Å²) in [5.74, 6) is -0.186. The molecule has 4 aromatic rings. The van der Waals surface area contributed by atoms with Crippen LogP contribution in [0.2, 0.25) is 0 Å². The van der Waals surface area contributed by atoms with Gasteiger partial charge in [-0.15, -0.1) is 0 Å². The predicted octanol–water partition coefficient (Wildman–Crippen LogP) is 4.97. The van der Waals surface area contributed by atoms with Gasteiger partial charge in [0.15, 0.2) is 0 Å². The Bertz CT molecular complexity index is 1410. The highest BCUT2D eigenvalue weighted by atomic mass is 19.4. The number of rotatable bonds is 5. The van der Waals surface area contributed by atoms with Gasteiger partial charge >= 0.3 is 6.18 Å². The van der Waals surface area contributed by atoms with Crippen LogP contribution in [0, 0.1) is 0 Å². The molecule has 182 valence electrons. The standard InChI is InChI=1S/C26H26F3N5O/c1-34(2)12-11-30-25(35)16-9-7-15(8-10-16)23-18-6-4-3-5-17(18)22-19-14-31-33-21(19)13-20(24(22)32-23)26(27,28)29/h7-10,13-14H,3-6,11-12H2,1-2H3,(H,30,35)(H,31,33). The van der Waals surface area contributed by atoms with Gasteiger partial charge < -0.3 is 10.2 Å². The topological polar surface area (TPSA) is 73.9 Å². The fourth-order valence-corrected chi connectivity index (χ4v) is 4.85. The molecular weight excluding hydrogens is 455 g/mol. The van der Waals surface area contributed by atoms with Gasteiger partial charge in [0.1, 0.15) is 0 Å². The maximum Gasteiger partial charge on any atom is 0.418 e. The minimum absolute atomic E-state index is 0.0486. The van der Waals surface area contributed by atoms with Crippen LogP contribution in [-0.2, 0) is 19.0 Å². The molecule has 5 rings (SSSR count). The number of aryl methyl sites for hydroxylation is 1. The molecule has 1 aliphatic carbocycles. The number of aromatic amines is 1. The van der Waals surface area contributed by atoms with Crippen molar-refractivity contribution in [1.29, 1.82) is 0 Å². The van der Waals surface area contributed by atoms with Gasteiger partial charge in [0.2, 0.25) is 0 Å². The molecule has 0 saturated heterocycles. The van der Waals surface area contributed by atoms with Crippen LogP contribution in [-0.4, -0.2) is 53.2 Å². The molecule has 9 heteroatoms. The zero-order chi connectivity index (χ0) is 24.7. The lowest BCUT2D eigenvalue weighted by molar-refractivity contribution is -0.136. The first-order chi connectivity index (χ1) is 16.7. The van der Waals surface area contributed by atoms with E-state index in [4.69, 9.17) is 0 Å². The summed E-state index contributed by atoms with van der Waals surface area (Å²) in [5.41, 5.74) is 3.20. The number of alkyl halides is 3. The number of nitrogens with zero attached hydrogens (tertiary/aromatic N) is 3. The van der Waals surface area contributed by atoms with Crippen LogP contribution in [0.4, 0.5) is 13.2 Å². The highest BCUT2D eigenvalue weighted by Gasteiger charge is 2.36. The number of likely N-dealkylation sites (N-methyl/N-ethyl adjacent to an activating group) is 1. The Labute approximate surface area is 200 Å². The first-order valence-electron chi connectivity index (χ1n) is 11.7. The van der Waals surface area contributed by atoms with Crippen molar-refractivity contribution in [2.24, 2.45) is 0 Å². The molecule has 0 saturated carbocycles. The smallest absolute Gasteiger partial charge is 0.351 e. The SMILES string of the molecule is CN(C)CCNC(=O)c1ccc(-c2nc3c(C(F)(F)F)cc4[nH]ncc4c3c3c2CCCC3)cc1. The first-order valence-corrected chi connectivity index (χ1v) is 11.7. The number of carbonyl (C=O) groups is 1. The third-order valence-corrected chi connectivity index (χ3v) is 6.57. The summed E-state index contributed by atoms with van der Waals surface area (Å²) in [5, 5.41) is 10.8. The Hall–Kier alpha value is -3.46. The molecule has 0 spiro atoms. The van der Waals surface area contributed by atoms with Crippen molar-refractivity contribution in [2.45, 2.75) is 31.9 Å². The molecule has 2 aromatic carbocycles. The van der Waals surface area contributed by atoms with Crippen molar-refractivity contribution in [3.63, 3.8) is 0 Å². The zero-order valence-electron chi connectivity index (χ0n) is 19.6. The molecule has 0 aliphatic heterocycles. The van der Waals surface area contributed by atoms with Crippen LogP contribution in [0.15, 0.2) is 36.5 Å². The normalized spacial score (nSPS) is 14.0. The van der Waals surface area contributed by atoms with E-state index in [1.165, 1.54) is 0 Å². The Balaban J connectivity index is 1.63. The van der Waals surface area contributed by atoms with Gasteiger partial charge in [-0.25, -0.2) is 4.98 Å². The molecule has 0 fully saturated rings. The van der Waals surface area contributed by atoms with Crippen molar-refractivity contribution >= 4 is 27.7 Å². The number of hydrogen-bond donors (Lipinski definition) is 2. The van der Waals surface area contributed by atoms with E-state index in [0.29, 0.717) is 46.1 Å². The average molecular weight is 482 g/mol. The Morgan fingerprint density at radius 3 is 2.51 bits per heavy atom. The lowest BCUT2D eigenvalue weighted by Crippen LogP contribution is -2.31. The van der Waals surface area contributed by atoms with E-state index in [9.17, 15) is 18.0 Å². The quantitative estimate of drug-likeness (QED) is 0.422. The van der Waals surface area contributed by atoms with Gasteiger partial charge in [-0.3, -0.25) is 9.89 Å². The van der Waals surface area contributed by atoms with Crippen LogP contribution in [0.25, 0.3) is 33.1 Å². The number of amides is 1. The summed E-state index contributed by atoms with van der Waals surface area (Å²) in [6.45, 7) is 1.25. The van der Waals surface area contributed by atoms with Crippen LogP contribution >= 0.6 is 0 Å². The predicted molar refractivity (Wildman–Crippen MR) is 129 cm³/mol. The van der Waals surface area contributed by atoms with Crippen molar-refractivity contribution in [3.05, 3.63) is 58.8 Å². The van der Waals surface area contributed by atoms with Gasteiger partial charge in [0, 0.05) is 35.0 Å². The molecule has 1 aliphatic rings. The van der Waals surface area contributed by atoms with Crippen molar-refractivity contribution in [3.8, 4) is 11.3 Å². The van der Waals surface area contributed by atoms with E-state index >= 15 is 0 Å². The van der Waals surface area contributed by atoms with E-state index in [2.05, 4.69) is 20.5 Å². The van der Waals surface area contributed by atoms with Crippen LogP contribution in [0.5, 0.6) is 0 Å². The van der Waals surface area contributed by atoms with E-state index in [-0.39, 0.29) is 11.4 Å². The zero-order valence-corrected chi connectivity index (χ0v) is 19.6. The summed E-state index contributed by atoms with van der Waals surface area (Å²) in [6, 6.07) is 8.04. The molecule has 35 heavy (non-hydrogen) atoms. The number of nitrogens with one attached hydrogen (secondary N) is 2. The molecule has 1 amide bonds. The largest absolute Gasteiger partial charge is 0.418 e. The molecule has 0 unspecified atom stereocenters. The van der Waals surface area contributed by atoms with E-state index in [0.717, 1.165) is 43.0 Å². The second-order valence-corrected chi connectivity index (χ2v) is 9.24. The Morgan fingerprint density at radius 1 is 1.11 bits per heavy atom. The average Bonchev–Trinajstić information content (AvgIpc) is 3.31. The highest BCUT2D eigenvalue weighted by molar-refractivity contribution is 6.09. The number of hydrogen-bond acceptors (Lipinski definition) is 4. The summed E-state index contributed by atoms with van der Waals surface area (Å²) in [7, 11) is 3.86. The fourth-order valence-electron chi connectivity index (χ4n) is 4.85. The molecule has 2 aromatic heterocycles. The van der Waals surface area contributed by atoms with Gasteiger partial charge in [-0.2, -0.15) is 18.3 Å². The number of benzene rings is 2.